The van der Waals surface area contributed by atoms with Crippen LogP contribution in [-0.2, 0) is 4.79 Å². The fraction of sp³-hybridized carbons (Fsp3) is 0.938. The van der Waals surface area contributed by atoms with Gasteiger partial charge in [-0.2, -0.15) is 0 Å². The largest absolute Gasteiger partial charge is 0.480 e. The van der Waals surface area contributed by atoms with Crippen LogP contribution in [0.3, 0.4) is 0 Å². The van der Waals surface area contributed by atoms with E-state index in [2.05, 4.69) is 22.0 Å². The molecule has 5 heteroatoms. The minimum absolute atomic E-state index is 0.639. The van der Waals surface area contributed by atoms with Crippen LogP contribution in [0.4, 0.5) is 0 Å². The Morgan fingerprint density at radius 1 is 1.10 bits per heavy atom. The zero-order valence-electron chi connectivity index (χ0n) is 14.0. The Morgan fingerprint density at radius 2 is 1.67 bits per heavy atom. The second-order valence-corrected chi connectivity index (χ2v) is 6.06. The molecule has 1 aliphatic heterocycles. The van der Waals surface area contributed by atoms with Gasteiger partial charge in [0.2, 0.25) is 0 Å². The highest BCUT2D eigenvalue weighted by molar-refractivity contribution is 5.78. The number of hydrogen-bond donors (Lipinski definition) is 2. The fourth-order valence-corrected chi connectivity index (χ4v) is 3.22. The van der Waals surface area contributed by atoms with E-state index < -0.39 is 11.5 Å². The number of rotatable bonds is 10. The third-order valence-electron chi connectivity index (χ3n) is 4.61. The molecule has 0 spiro atoms. The Kier molecular flexibility index (Phi) is 8.22. The van der Waals surface area contributed by atoms with Crippen molar-refractivity contribution in [1.82, 2.24) is 15.1 Å². The Balaban J connectivity index is 2.33. The standard InChI is InChI=1S/C16H33N3O2/c1-4-9-18-11-13-19(14-12-18)10-7-8-16(5-2,15(20)21)17-6-3/h17H,4-14H2,1-3H3,(H,20,21). The second-order valence-electron chi connectivity index (χ2n) is 6.06. The topological polar surface area (TPSA) is 55.8 Å². The van der Waals surface area contributed by atoms with Crippen molar-refractivity contribution in [1.29, 1.82) is 0 Å². The van der Waals surface area contributed by atoms with Crippen molar-refractivity contribution in [2.75, 3.05) is 45.8 Å². The van der Waals surface area contributed by atoms with Gasteiger partial charge in [-0.15, -0.1) is 0 Å². The lowest BCUT2D eigenvalue weighted by atomic mass is 9.90. The molecule has 0 aromatic heterocycles. The highest BCUT2D eigenvalue weighted by Crippen LogP contribution is 2.18. The first kappa shape index (κ1) is 18.4. The number of carboxylic acid groups (broad SMARTS) is 1. The molecule has 1 heterocycles. The van der Waals surface area contributed by atoms with Crippen molar-refractivity contribution >= 4 is 5.97 Å². The summed E-state index contributed by atoms with van der Waals surface area (Å²) in [5, 5.41) is 12.7. The van der Waals surface area contributed by atoms with Gasteiger partial charge in [0.1, 0.15) is 5.54 Å². The molecule has 0 bridgehead atoms. The van der Waals surface area contributed by atoms with E-state index in [0.717, 1.165) is 39.1 Å². The maximum Gasteiger partial charge on any atom is 0.323 e. The molecule has 0 aliphatic carbocycles. The first-order valence-corrected chi connectivity index (χ1v) is 8.51. The SMILES string of the molecule is CCCN1CCN(CCCC(CC)(NCC)C(=O)O)CC1. The fourth-order valence-electron chi connectivity index (χ4n) is 3.22. The van der Waals surface area contributed by atoms with E-state index in [-0.39, 0.29) is 0 Å². The Morgan fingerprint density at radius 3 is 2.10 bits per heavy atom. The van der Waals surface area contributed by atoms with Crippen LogP contribution >= 0.6 is 0 Å². The first-order valence-electron chi connectivity index (χ1n) is 8.51. The molecule has 0 aromatic carbocycles. The maximum absolute atomic E-state index is 11.6. The number of hydrogen-bond acceptors (Lipinski definition) is 4. The van der Waals surface area contributed by atoms with Crippen molar-refractivity contribution in [3.05, 3.63) is 0 Å². The highest BCUT2D eigenvalue weighted by atomic mass is 16.4. The molecular formula is C16H33N3O2. The third kappa shape index (κ3) is 5.57. The van der Waals surface area contributed by atoms with Crippen LogP contribution in [0.15, 0.2) is 0 Å². The molecule has 1 fully saturated rings. The summed E-state index contributed by atoms with van der Waals surface area (Å²) < 4.78 is 0. The summed E-state index contributed by atoms with van der Waals surface area (Å²) in [6, 6.07) is 0. The molecule has 1 atom stereocenters. The van der Waals surface area contributed by atoms with Crippen molar-refractivity contribution < 1.29 is 9.90 Å². The van der Waals surface area contributed by atoms with Crippen LogP contribution in [0.5, 0.6) is 0 Å². The van der Waals surface area contributed by atoms with E-state index in [1.165, 1.54) is 13.0 Å². The monoisotopic (exact) mass is 299 g/mol. The quantitative estimate of drug-likeness (QED) is 0.642. The zero-order chi connectivity index (χ0) is 15.7. The van der Waals surface area contributed by atoms with Gasteiger partial charge in [-0.1, -0.05) is 20.8 Å². The van der Waals surface area contributed by atoms with E-state index in [1.54, 1.807) is 0 Å². The molecule has 1 rings (SSSR count). The number of piperazine rings is 1. The average Bonchev–Trinajstić information content (AvgIpc) is 2.48. The third-order valence-corrected chi connectivity index (χ3v) is 4.61. The van der Waals surface area contributed by atoms with Crippen LogP contribution in [0.25, 0.3) is 0 Å². The summed E-state index contributed by atoms with van der Waals surface area (Å²) in [5.74, 6) is -0.709. The number of carbonyl (C=O) groups is 1. The number of likely N-dealkylation sites (N-methyl/N-ethyl adjacent to an activating group) is 1. The lowest BCUT2D eigenvalue weighted by molar-refractivity contribution is -0.145. The van der Waals surface area contributed by atoms with Crippen LogP contribution < -0.4 is 5.32 Å². The molecule has 1 unspecified atom stereocenters. The molecule has 1 saturated heterocycles. The molecule has 124 valence electrons. The van der Waals surface area contributed by atoms with E-state index in [4.69, 9.17) is 0 Å². The van der Waals surface area contributed by atoms with Gasteiger partial charge < -0.3 is 20.2 Å². The summed E-state index contributed by atoms with van der Waals surface area (Å²) in [4.78, 5) is 16.5. The minimum Gasteiger partial charge on any atom is -0.480 e. The zero-order valence-corrected chi connectivity index (χ0v) is 14.0. The summed E-state index contributed by atoms with van der Waals surface area (Å²) in [6.45, 7) is 13.6. The number of nitrogens with one attached hydrogen (secondary N) is 1. The molecule has 5 nitrogen and oxygen atoms in total. The van der Waals surface area contributed by atoms with Crippen LogP contribution in [0.1, 0.15) is 46.5 Å². The van der Waals surface area contributed by atoms with E-state index in [0.29, 0.717) is 19.4 Å². The number of carboxylic acids is 1. The lowest BCUT2D eigenvalue weighted by Gasteiger charge is -2.35. The van der Waals surface area contributed by atoms with Gasteiger partial charge in [0.15, 0.2) is 0 Å². The molecular weight excluding hydrogens is 266 g/mol. The summed E-state index contributed by atoms with van der Waals surface area (Å²) in [5.41, 5.74) is -0.737. The summed E-state index contributed by atoms with van der Waals surface area (Å²) in [7, 11) is 0. The van der Waals surface area contributed by atoms with Gasteiger partial charge in [0.25, 0.3) is 0 Å². The van der Waals surface area contributed by atoms with Crippen LogP contribution in [0, 0.1) is 0 Å². The summed E-state index contributed by atoms with van der Waals surface area (Å²) in [6.07, 6.45) is 3.52. The van der Waals surface area contributed by atoms with Crippen LogP contribution in [0.2, 0.25) is 0 Å². The smallest absolute Gasteiger partial charge is 0.323 e. The molecule has 0 saturated carbocycles. The van der Waals surface area contributed by atoms with Crippen molar-refractivity contribution in [3.63, 3.8) is 0 Å². The first-order chi connectivity index (χ1) is 10.1. The van der Waals surface area contributed by atoms with Crippen LogP contribution in [-0.4, -0.2) is 72.2 Å². The van der Waals surface area contributed by atoms with Crippen molar-refractivity contribution in [2.45, 2.75) is 52.0 Å². The minimum atomic E-state index is -0.737. The Labute approximate surface area is 129 Å². The average molecular weight is 299 g/mol. The number of nitrogens with zero attached hydrogens (tertiary/aromatic N) is 2. The van der Waals surface area contributed by atoms with E-state index in [9.17, 15) is 9.90 Å². The molecule has 0 radical (unpaired) electrons. The van der Waals surface area contributed by atoms with Gasteiger partial charge >= 0.3 is 5.97 Å². The van der Waals surface area contributed by atoms with Crippen molar-refractivity contribution in [2.24, 2.45) is 0 Å². The molecule has 1 aliphatic rings. The predicted octanol–water partition coefficient (Wildman–Crippen LogP) is 1.64. The van der Waals surface area contributed by atoms with E-state index in [1.807, 2.05) is 13.8 Å². The highest BCUT2D eigenvalue weighted by Gasteiger charge is 2.35. The van der Waals surface area contributed by atoms with Gasteiger partial charge in [-0.25, -0.2) is 0 Å². The van der Waals surface area contributed by atoms with Gasteiger partial charge in [-0.05, 0) is 45.3 Å². The van der Waals surface area contributed by atoms with Gasteiger partial charge in [-0.3, -0.25) is 4.79 Å². The maximum atomic E-state index is 11.6. The molecule has 21 heavy (non-hydrogen) atoms. The van der Waals surface area contributed by atoms with Gasteiger partial charge in [0, 0.05) is 26.2 Å². The van der Waals surface area contributed by atoms with Gasteiger partial charge in [0.05, 0.1) is 0 Å². The second kappa shape index (κ2) is 9.38. The van der Waals surface area contributed by atoms with Crippen molar-refractivity contribution in [3.8, 4) is 0 Å². The molecule has 2 N–H and O–H groups in total. The predicted molar refractivity (Wildman–Crippen MR) is 86.7 cm³/mol. The lowest BCUT2D eigenvalue weighted by Crippen LogP contribution is -2.52. The number of aliphatic carboxylic acids is 1. The Bertz CT molecular complexity index is 304. The molecule has 0 aromatic rings. The Hall–Kier alpha value is -0.650. The summed E-state index contributed by atoms with van der Waals surface area (Å²) >= 11 is 0. The molecule has 0 amide bonds. The normalized spacial score (nSPS) is 20.3. The van der Waals surface area contributed by atoms with E-state index >= 15 is 0 Å².